The lowest BCUT2D eigenvalue weighted by molar-refractivity contribution is -0.0417. The minimum absolute atomic E-state index is 0.0197. The van der Waals surface area contributed by atoms with Crippen LogP contribution in [0.25, 0.3) is 0 Å². The quantitative estimate of drug-likeness (QED) is 0.328. The standard InChI is InChI=1S/C7H15N3OS/c1-2-10(7(8)12)6-5-9-3-4-11-6/h6,9H,2-5H2,1H3,(H2,8,12). The third kappa shape index (κ3) is 2.36. The summed E-state index contributed by atoms with van der Waals surface area (Å²) >= 11 is 3.98. The molecule has 70 valence electrons. The van der Waals surface area contributed by atoms with Crippen LogP contribution in [-0.2, 0) is 4.74 Å². The number of ether oxygens (including phenoxy) is 1. The van der Waals surface area contributed by atoms with Crippen molar-refractivity contribution in [2.45, 2.75) is 13.2 Å². The van der Waals surface area contributed by atoms with Crippen LogP contribution in [0, 0.1) is 5.41 Å². The first-order valence-corrected chi connectivity index (χ1v) is 4.57. The van der Waals surface area contributed by atoms with E-state index < -0.39 is 0 Å². The van der Waals surface area contributed by atoms with Gasteiger partial charge in [0, 0.05) is 19.6 Å². The molecule has 1 atom stereocenters. The fraction of sp³-hybridized carbons (Fsp3) is 0.857. The first-order chi connectivity index (χ1) is 5.75. The summed E-state index contributed by atoms with van der Waals surface area (Å²) in [5.41, 5.74) is 0. The fourth-order valence-corrected chi connectivity index (χ4v) is 1.51. The van der Waals surface area contributed by atoms with Gasteiger partial charge in [0.05, 0.1) is 6.61 Å². The lowest BCUT2D eigenvalue weighted by atomic mass is 10.4. The van der Waals surface area contributed by atoms with Crippen LogP contribution in [0.5, 0.6) is 0 Å². The molecule has 5 heteroatoms. The van der Waals surface area contributed by atoms with E-state index >= 15 is 0 Å². The van der Waals surface area contributed by atoms with E-state index in [2.05, 4.69) is 17.9 Å². The summed E-state index contributed by atoms with van der Waals surface area (Å²) in [6.07, 6.45) is -0.0197. The number of thiol groups is 1. The minimum atomic E-state index is -0.0197. The molecule has 1 rings (SSSR count). The number of amidine groups is 1. The first-order valence-electron chi connectivity index (χ1n) is 4.12. The maximum atomic E-state index is 7.37. The summed E-state index contributed by atoms with van der Waals surface area (Å²) in [6.45, 7) is 5.13. The highest BCUT2D eigenvalue weighted by molar-refractivity contribution is 7.96. The third-order valence-corrected chi connectivity index (χ3v) is 2.13. The molecule has 0 aliphatic carbocycles. The second-order valence-electron chi connectivity index (χ2n) is 2.64. The second-order valence-corrected chi connectivity index (χ2v) is 3.06. The van der Waals surface area contributed by atoms with Crippen molar-refractivity contribution in [2.75, 3.05) is 26.2 Å². The zero-order valence-corrected chi connectivity index (χ0v) is 8.10. The molecule has 1 fully saturated rings. The molecule has 0 radical (unpaired) electrons. The summed E-state index contributed by atoms with van der Waals surface area (Å²) in [4.78, 5) is 1.81. The molecule has 0 bridgehead atoms. The average Bonchev–Trinajstić information content (AvgIpc) is 2.07. The zero-order valence-electron chi connectivity index (χ0n) is 7.21. The molecule has 0 aromatic carbocycles. The van der Waals surface area contributed by atoms with E-state index in [9.17, 15) is 0 Å². The van der Waals surface area contributed by atoms with E-state index in [1.54, 1.807) is 0 Å². The van der Waals surface area contributed by atoms with Gasteiger partial charge < -0.3 is 15.0 Å². The van der Waals surface area contributed by atoms with Gasteiger partial charge in [0.2, 0.25) is 0 Å². The Bertz CT molecular complexity index is 159. The number of likely N-dealkylation sites (N-methyl/N-ethyl adjacent to an activating group) is 1. The maximum Gasteiger partial charge on any atom is 0.155 e. The summed E-state index contributed by atoms with van der Waals surface area (Å²) in [5.74, 6) is 0. The number of hydrogen-bond donors (Lipinski definition) is 3. The Balaban J connectivity index is 2.46. The van der Waals surface area contributed by atoms with Crippen molar-refractivity contribution in [1.29, 1.82) is 5.41 Å². The highest BCUT2D eigenvalue weighted by Crippen LogP contribution is 2.05. The fourth-order valence-electron chi connectivity index (χ4n) is 1.24. The molecule has 0 amide bonds. The Labute approximate surface area is 78.2 Å². The van der Waals surface area contributed by atoms with Crippen molar-refractivity contribution in [3.05, 3.63) is 0 Å². The van der Waals surface area contributed by atoms with Crippen LogP contribution >= 0.6 is 12.6 Å². The van der Waals surface area contributed by atoms with E-state index in [1.165, 1.54) is 0 Å². The summed E-state index contributed by atoms with van der Waals surface area (Å²) < 4.78 is 5.47. The van der Waals surface area contributed by atoms with Gasteiger partial charge in [-0.25, -0.2) is 0 Å². The monoisotopic (exact) mass is 189 g/mol. The number of morpholine rings is 1. The Morgan fingerprint density at radius 1 is 1.83 bits per heavy atom. The summed E-state index contributed by atoms with van der Waals surface area (Å²) in [6, 6.07) is 0. The summed E-state index contributed by atoms with van der Waals surface area (Å²) in [7, 11) is 0. The van der Waals surface area contributed by atoms with Crippen LogP contribution in [0.1, 0.15) is 6.92 Å². The Morgan fingerprint density at radius 2 is 2.58 bits per heavy atom. The molecular weight excluding hydrogens is 174 g/mol. The normalized spacial score (nSPS) is 23.7. The zero-order chi connectivity index (χ0) is 8.97. The molecule has 0 aromatic heterocycles. The topological polar surface area (TPSA) is 48.4 Å². The van der Waals surface area contributed by atoms with Crippen molar-refractivity contribution in [3.8, 4) is 0 Å². The highest BCUT2D eigenvalue weighted by atomic mass is 32.1. The van der Waals surface area contributed by atoms with Crippen molar-refractivity contribution in [1.82, 2.24) is 10.2 Å². The predicted molar refractivity (Wildman–Crippen MR) is 51.7 cm³/mol. The number of rotatable bonds is 2. The maximum absolute atomic E-state index is 7.37. The third-order valence-electron chi connectivity index (χ3n) is 1.87. The van der Waals surface area contributed by atoms with Crippen LogP contribution in [0.3, 0.4) is 0 Å². The molecule has 0 aromatic rings. The van der Waals surface area contributed by atoms with Crippen LogP contribution in [-0.4, -0.2) is 42.5 Å². The molecule has 2 N–H and O–H groups in total. The molecule has 0 spiro atoms. The van der Waals surface area contributed by atoms with Gasteiger partial charge in [0.15, 0.2) is 5.17 Å². The molecule has 1 aliphatic rings. The van der Waals surface area contributed by atoms with E-state index in [4.69, 9.17) is 10.1 Å². The van der Waals surface area contributed by atoms with Gasteiger partial charge >= 0.3 is 0 Å². The van der Waals surface area contributed by atoms with Gasteiger partial charge in [0.1, 0.15) is 6.23 Å². The molecule has 1 saturated heterocycles. The van der Waals surface area contributed by atoms with E-state index in [0.717, 1.165) is 19.6 Å². The van der Waals surface area contributed by atoms with E-state index in [-0.39, 0.29) is 11.4 Å². The number of nitrogens with one attached hydrogen (secondary N) is 2. The Morgan fingerprint density at radius 3 is 3.00 bits per heavy atom. The molecular formula is C7H15N3OS. The Hall–Kier alpha value is -0.260. The second kappa shape index (κ2) is 4.69. The first kappa shape index (κ1) is 9.83. The minimum Gasteiger partial charge on any atom is -0.356 e. The van der Waals surface area contributed by atoms with Crippen LogP contribution in [0.15, 0.2) is 0 Å². The van der Waals surface area contributed by atoms with Crippen molar-refractivity contribution < 1.29 is 4.74 Å². The van der Waals surface area contributed by atoms with Gasteiger partial charge in [-0.05, 0) is 6.92 Å². The van der Waals surface area contributed by atoms with Crippen molar-refractivity contribution in [2.24, 2.45) is 0 Å². The SMILES string of the molecule is CCN(C(=N)S)C1CNCCO1. The predicted octanol–water partition coefficient (Wildman–Crippen LogP) is 0.119. The van der Waals surface area contributed by atoms with Gasteiger partial charge in [-0.1, -0.05) is 0 Å². The number of nitrogens with zero attached hydrogens (tertiary/aromatic N) is 1. The van der Waals surface area contributed by atoms with Gasteiger partial charge in [-0.15, -0.1) is 12.6 Å². The lowest BCUT2D eigenvalue weighted by Crippen LogP contribution is -2.50. The largest absolute Gasteiger partial charge is 0.356 e. The molecule has 1 aliphatic heterocycles. The molecule has 4 nitrogen and oxygen atoms in total. The van der Waals surface area contributed by atoms with E-state index in [1.807, 2.05) is 11.8 Å². The highest BCUT2D eigenvalue weighted by Gasteiger charge is 2.20. The lowest BCUT2D eigenvalue weighted by Gasteiger charge is -2.33. The van der Waals surface area contributed by atoms with Crippen molar-refractivity contribution in [3.63, 3.8) is 0 Å². The average molecular weight is 189 g/mol. The molecule has 1 unspecified atom stereocenters. The van der Waals surface area contributed by atoms with E-state index in [0.29, 0.717) is 6.61 Å². The van der Waals surface area contributed by atoms with Crippen LogP contribution in [0.4, 0.5) is 0 Å². The number of hydrogen-bond acceptors (Lipinski definition) is 3. The summed E-state index contributed by atoms with van der Waals surface area (Å²) in [5, 5.41) is 10.8. The smallest absolute Gasteiger partial charge is 0.155 e. The van der Waals surface area contributed by atoms with Crippen molar-refractivity contribution >= 4 is 17.8 Å². The molecule has 1 heterocycles. The van der Waals surface area contributed by atoms with Gasteiger partial charge in [-0.3, -0.25) is 5.41 Å². The van der Waals surface area contributed by atoms with Gasteiger partial charge in [-0.2, -0.15) is 0 Å². The molecule has 12 heavy (non-hydrogen) atoms. The van der Waals surface area contributed by atoms with Crippen LogP contribution < -0.4 is 5.32 Å². The van der Waals surface area contributed by atoms with Crippen LogP contribution in [0.2, 0.25) is 0 Å². The molecule has 0 saturated carbocycles. The Kier molecular flexibility index (Phi) is 3.84. The van der Waals surface area contributed by atoms with Gasteiger partial charge in [0.25, 0.3) is 0 Å².